The molecule has 0 aromatic carbocycles. The van der Waals surface area contributed by atoms with Gasteiger partial charge in [-0.25, -0.2) is 0 Å². The van der Waals surface area contributed by atoms with E-state index in [1.807, 2.05) is 4.90 Å². The van der Waals surface area contributed by atoms with Gasteiger partial charge < -0.3 is 4.74 Å². The van der Waals surface area contributed by atoms with Crippen LogP contribution in [-0.4, -0.2) is 49.3 Å². The van der Waals surface area contributed by atoms with Crippen LogP contribution in [-0.2, 0) is 14.3 Å². The van der Waals surface area contributed by atoms with Gasteiger partial charge in [0.1, 0.15) is 0 Å². The summed E-state index contributed by atoms with van der Waals surface area (Å²) in [4.78, 5) is 24.5. The number of ketones is 2. The number of ether oxygens (including phenoxy) is 1. The molecule has 0 spiro atoms. The van der Waals surface area contributed by atoms with E-state index >= 15 is 0 Å². The summed E-state index contributed by atoms with van der Waals surface area (Å²) in [6, 6.07) is 0. The van der Waals surface area contributed by atoms with E-state index in [9.17, 15) is 9.59 Å². The van der Waals surface area contributed by atoms with Gasteiger partial charge >= 0.3 is 0 Å². The van der Waals surface area contributed by atoms with Gasteiger partial charge in [0.25, 0.3) is 0 Å². The van der Waals surface area contributed by atoms with E-state index in [1.54, 1.807) is 6.92 Å². The van der Waals surface area contributed by atoms with Gasteiger partial charge in [0.2, 0.25) is 11.6 Å². The lowest BCUT2D eigenvalue weighted by molar-refractivity contribution is -0.135. The highest BCUT2D eigenvalue weighted by molar-refractivity contribution is 6.43. The van der Waals surface area contributed by atoms with E-state index in [-0.39, 0.29) is 12.3 Å². The Bertz CT molecular complexity index is 254. The highest BCUT2D eigenvalue weighted by Gasteiger charge is 2.19. The second-order valence-electron chi connectivity index (χ2n) is 3.42. The smallest absolute Gasteiger partial charge is 0.225 e. The number of hydrogen-bond donors (Lipinski definition) is 0. The average Bonchev–Trinajstić information content (AvgIpc) is 2.18. The molecule has 4 heteroatoms. The maximum absolute atomic E-state index is 11.4. The summed E-state index contributed by atoms with van der Waals surface area (Å²) in [6.07, 6.45) is 0. The van der Waals surface area contributed by atoms with E-state index in [2.05, 4.69) is 6.58 Å². The minimum Gasteiger partial charge on any atom is -0.379 e. The monoisotopic (exact) mass is 197 g/mol. The van der Waals surface area contributed by atoms with Crippen LogP contribution >= 0.6 is 0 Å². The molecule has 1 saturated heterocycles. The van der Waals surface area contributed by atoms with Crippen LogP contribution in [0.1, 0.15) is 6.92 Å². The Hall–Kier alpha value is -1.00. The molecular weight excluding hydrogens is 182 g/mol. The normalized spacial score (nSPS) is 17.8. The number of morpholine rings is 1. The van der Waals surface area contributed by atoms with Gasteiger partial charge in [0.15, 0.2) is 0 Å². The number of rotatable bonds is 4. The van der Waals surface area contributed by atoms with Gasteiger partial charge in [-0.05, 0) is 12.5 Å². The molecule has 14 heavy (non-hydrogen) atoms. The summed E-state index contributed by atoms with van der Waals surface area (Å²) in [5.74, 6) is -0.837. The van der Waals surface area contributed by atoms with Crippen molar-refractivity contribution >= 4 is 11.6 Å². The summed E-state index contributed by atoms with van der Waals surface area (Å²) in [7, 11) is 0. The molecule has 0 amide bonds. The zero-order chi connectivity index (χ0) is 10.6. The number of carbonyl (C=O) groups is 2. The topological polar surface area (TPSA) is 46.6 Å². The Balaban J connectivity index is 2.39. The van der Waals surface area contributed by atoms with E-state index in [0.29, 0.717) is 18.8 Å². The molecule has 1 heterocycles. The third-order valence-corrected chi connectivity index (χ3v) is 2.11. The van der Waals surface area contributed by atoms with Crippen molar-refractivity contribution < 1.29 is 14.3 Å². The highest BCUT2D eigenvalue weighted by atomic mass is 16.5. The fourth-order valence-electron chi connectivity index (χ4n) is 1.27. The van der Waals surface area contributed by atoms with Crippen molar-refractivity contribution in [2.75, 3.05) is 32.8 Å². The number of nitrogens with zero attached hydrogens (tertiary/aromatic N) is 1. The zero-order valence-electron chi connectivity index (χ0n) is 8.41. The van der Waals surface area contributed by atoms with Crippen molar-refractivity contribution in [3.63, 3.8) is 0 Å². The molecular formula is C10H15NO3. The second-order valence-corrected chi connectivity index (χ2v) is 3.42. The van der Waals surface area contributed by atoms with Crippen molar-refractivity contribution in [2.45, 2.75) is 6.92 Å². The largest absolute Gasteiger partial charge is 0.379 e. The minimum atomic E-state index is -0.462. The highest BCUT2D eigenvalue weighted by Crippen LogP contribution is 1.99. The maximum atomic E-state index is 11.4. The van der Waals surface area contributed by atoms with Crippen molar-refractivity contribution in [1.29, 1.82) is 0 Å². The Morgan fingerprint density at radius 2 is 1.93 bits per heavy atom. The number of carbonyl (C=O) groups excluding carboxylic acids is 2. The van der Waals surface area contributed by atoms with Gasteiger partial charge in [-0.3, -0.25) is 14.5 Å². The standard InChI is InChI=1S/C10H15NO3/c1-8(2)10(13)9(12)7-11-3-5-14-6-4-11/h1,3-7H2,2H3. The van der Waals surface area contributed by atoms with Gasteiger partial charge in [-0.2, -0.15) is 0 Å². The summed E-state index contributed by atoms with van der Waals surface area (Å²) in [5, 5.41) is 0. The van der Waals surface area contributed by atoms with E-state index in [0.717, 1.165) is 13.1 Å². The lowest BCUT2D eigenvalue weighted by Crippen LogP contribution is -2.41. The molecule has 78 valence electrons. The van der Waals surface area contributed by atoms with Crippen LogP contribution in [0.3, 0.4) is 0 Å². The molecule has 4 nitrogen and oxygen atoms in total. The van der Waals surface area contributed by atoms with Crippen molar-refractivity contribution in [1.82, 2.24) is 4.90 Å². The van der Waals surface area contributed by atoms with Crippen LogP contribution in [0.2, 0.25) is 0 Å². The third kappa shape index (κ3) is 3.05. The predicted molar refractivity (Wildman–Crippen MR) is 52.1 cm³/mol. The average molecular weight is 197 g/mol. The number of allylic oxidation sites excluding steroid dienone is 1. The number of Topliss-reactive ketones (excluding diaryl/α,β-unsaturated/α-hetero) is 2. The fourth-order valence-corrected chi connectivity index (χ4v) is 1.27. The molecule has 1 fully saturated rings. The minimum absolute atomic E-state index is 0.190. The van der Waals surface area contributed by atoms with Crippen LogP contribution in [0.5, 0.6) is 0 Å². The lowest BCUT2D eigenvalue weighted by Gasteiger charge is -2.25. The lowest BCUT2D eigenvalue weighted by atomic mass is 10.1. The van der Waals surface area contributed by atoms with Crippen LogP contribution in [0.15, 0.2) is 12.2 Å². The summed E-state index contributed by atoms with van der Waals surface area (Å²) in [6.45, 7) is 7.90. The Morgan fingerprint density at radius 1 is 1.36 bits per heavy atom. The zero-order valence-corrected chi connectivity index (χ0v) is 8.41. The van der Waals surface area contributed by atoms with Crippen molar-refractivity contribution in [2.24, 2.45) is 0 Å². The molecule has 0 radical (unpaired) electrons. The first-order chi connectivity index (χ1) is 6.61. The van der Waals surface area contributed by atoms with Gasteiger partial charge in [0.05, 0.1) is 19.8 Å². The van der Waals surface area contributed by atoms with E-state index in [1.165, 1.54) is 0 Å². The van der Waals surface area contributed by atoms with E-state index < -0.39 is 5.78 Å². The summed E-state index contributed by atoms with van der Waals surface area (Å²) in [5.41, 5.74) is 0.309. The molecule has 0 N–H and O–H groups in total. The van der Waals surface area contributed by atoms with Gasteiger partial charge in [0, 0.05) is 13.1 Å². The van der Waals surface area contributed by atoms with Gasteiger partial charge in [-0.15, -0.1) is 0 Å². The van der Waals surface area contributed by atoms with Crippen molar-refractivity contribution in [3.05, 3.63) is 12.2 Å². The first-order valence-corrected chi connectivity index (χ1v) is 4.64. The summed E-state index contributed by atoms with van der Waals surface area (Å²) < 4.78 is 5.13. The molecule has 0 saturated carbocycles. The molecule has 1 aliphatic rings. The Kier molecular flexibility index (Phi) is 3.98. The Morgan fingerprint density at radius 3 is 2.43 bits per heavy atom. The van der Waals surface area contributed by atoms with Crippen molar-refractivity contribution in [3.8, 4) is 0 Å². The SMILES string of the molecule is C=C(C)C(=O)C(=O)CN1CCOCC1. The van der Waals surface area contributed by atoms with Crippen LogP contribution in [0.25, 0.3) is 0 Å². The van der Waals surface area contributed by atoms with Crippen LogP contribution in [0.4, 0.5) is 0 Å². The van der Waals surface area contributed by atoms with Crippen LogP contribution < -0.4 is 0 Å². The third-order valence-electron chi connectivity index (χ3n) is 2.11. The molecule has 0 bridgehead atoms. The molecule has 0 atom stereocenters. The molecule has 1 aliphatic heterocycles. The molecule has 0 unspecified atom stereocenters. The maximum Gasteiger partial charge on any atom is 0.225 e. The molecule has 0 aromatic rings. The summed E-state index contributed by atoms with van der Waals surface area (Å²) >= 11 is 0. The first kappa shape index (κ1) is 11.1. The van der Waals surface area contributed by atoms with Gasteiger partial charge in [-0.1, -0.05) is 6.58 Å². The predicted octanol–water partition coefficient (Wildman–Crippen LogP) is 0.0329. The number of hydrogen-bond acceptors (Lipinski definition) is 4. The molecule has 0 aliphatic carbocycles. The Labute approximate surface area is 83.5 Å². The second kappa shape index (κ2) is 5.02. The quantitative estimate of drug-likeness (QED) is 0.471. The fraction of sp³-hybridized carbons (Fsp3) is 0.600. The first-order valence-electron chi connectivity index (χ1n) is 4.64. The molecule has 0 aromatic heterocycles. The van der Waals surface area contributed by atoms with E-state index in [4.69, 9.17) is 4.74 Å². The van der Waals surface area contributed by atoms with Crippen LogP contribution in [0, 0.1) is 0 Å². The molecule has 1 rings (SSSR count).